The molecule has 0 fully saturated rings. The van der Waals surface area contributed by atoms with E-state index in [0.717, 1.165) is 0 Å². The number of hydrogen-bond donors (Lipinski definition) is 0. The van der Waals surface area contributed by atoms with Gasteiger partial charge in [0.2, 0.25) is 0 Å². The first kappa shape index (κ1) is 19.1. The van der Waals surface area contributed by atoms with Crippen molar-refractivity contribution in [2.45, 2.75) is 36.7 Å². The van der Waals surface area contributed by atoms with E-state index in [2.05, 4.69) is 0 Å². The van der Waals surface area contributed by atoms with Crippen LogP contribution in [0.4, 0.5) is 57.1 Å². The molecule has 0 saturated carbocycles. The molecule has 0 saturated heterocycles. The lowest BCUT2D eigenvalue weighted by Crippen LogP contribution is -2.66. The average molecular weight is 336 g/mol. The maximum atomic E-state index is 12.8. The maximum Gasteiger partial charge on any atom is 0.525 e. The van der Waals surface area contributed by atoms with Gasteiger partial charge in [-0.3, -0.25) is 0 Å². The molecule has 0 spiro atoms. The van der Waals surface area contributed by atoms with E-state index >= 15 is 0 Å². The molecule has 0 bridgehead atoms. The lowest BCUT2D eigenvalue weighted by atomic mass is 10.0. The van der Waals surface area contributed by atoms with Crippen molar-refractivity contribution in [3.63, 3.8) is 0 Å². The maximum absolute atomic E-state index is 12.8. The van der Waals surface area contributed by atoms with Gasteiger partial charge in [0, 0.05) is 0 Å². The summed E-state index contributed by atoms with van der Waals surface area (Å²) in [6.45, 7) is 0. The smallest absolute Gasteiger partial charge is 0.243 e. The molecule has 0 radical (unpaired) electrons. The number of ether oxygens (including phenoxy) is 1. The van der Waals surface area contributed by atoms with Gasteiger partial charge >= 0.3 is 36.7 Å². The number of halogens is 13. The fraction of sp³-hybridized carbons (Fsp3) is 1.00. The van der Waals surface area contributed by atoms with Crippen molar-refractivity contribution < 1.29 is 61.8 Å². The van der Waals surface area contributed by atoms with Crippen LogP contribution >= 0.6 is 0 Å². The minimum absolute atomic E-state index is 1.49. The van der Waals surface area contributed by atoms with Crippen LogP contribution in [0.3, 0.4) is 0 Å². The molecule has 1 atom stereocenters. The Bertz CT molecular complexity index is 337. The van der Waals surface area contributed by atoms with Crippen LogP contribution in [0.25, 0.3) is 0 Å². The van der Waals surface area contributed by atoms with Crippen LogP contribution in [0.15, 0.2) is 0 Å². The summed E-state index contributed by atoms with van der Waals surface area (Å²) in [4.78, 5) is 0. The van der Waals surface area contributed by atoms with Crippen LogP contribution in [0.2, 0.25) is 0 Å². The largest absolute Gasteiger partial charge is 0.525 e. The summed E-state index contributed by atoms with van der Waals surface area (Å²) in [5.41, 5.74) is 0. The molecule has 1 unspecified atom stereocenters. The van der Waals surface area contributed by atoms with Gasteiger partial charge < -0.3 is 0 Å². The average Bonchev–Trinajstić information content (AvgIpc) is 2.11. The first-order valence-corrected chi connectivity index (χ1v) is 3.96. The van der Waals surface area contributed by atoms with Gasteiger partial charge in [0.25, 0.3) is 0 Å². The van der Waals surface area contributed by atoms with E-state index in [1.165, 1.54) is 4.74 Å². The first-order chi connectivity index (χ1) is 8.40. The van der Waals surface area contributed by atoms with Crippen LogP contribution in [-0.4, -0.2) is 36.7 Å². The van der Waals surface area contributed by atoms with Crippen LogP contribution in [0.5, 0.6) is 0 Å². The van der Waals surface area contributed by atoms with E-state index in [9.17, 15) is 57.1 Å². The first-order valence-electron chi connectivity index (χ1n) is 3.96. The highest BCUT2D eigenvalue weighted by molar-refractivity contribution is 5.02. The van der Waals surface area contributed by atoms with Crippen LogP contribution in [0.1, 0.15) is 0 Å². The molecular weight excluding hydrogens is 335 g/mol. The third-order valence-corrected chi connectivity index (χ3v) is 1.72. The van der Waals surface area contributed by atoms with Crippen LogP contribution < -0.4 is 0 Å². The monoisotopic (exact) mass is 336 g/mol. The Morgan fingerprint density at radius 1 is 0.600 bits per heavy atom. The minimum atomic E-state index is -7.55. The third-order valence-electron chi connectivity index (χ3n) is 1.72. The van der Waals surface area contributed by atoms with Crippen LogP contribution in [0, 0.1) is 0 Å². The summed E-state index contributed by atoms with van der Waals surface area (Å²) in [6.07, 6.45) is -19.6. The minimum Gasteiger partial charge on any atom is -0.243 e. The van der Waals surface area contributed by atoms with E-state index in [1.807, 2.05) is 0 Å². The van der Waals surface area contributed by atoms with Crippen molar-refractivity contribution in [1.82, 2.24) is 0 Å². The normalized spacial score (nSPS) is 18.3. The predicted molar refractivity (Wildman–Crippen MR) is 32.9 cm³/mol. The molecule has 14 heteroatoms. The Hall–Kier alpha value is -0.950. The van der Waals surface area contributed by atoms with Crippen molar-refractivity contribution in [3.8, 4) is 0 Å². The Morgan fingerprint density at radius 2 is 0.950 bits per heavy atom. The molecule has 1 nitrogen and oxygen atoms in total. The molecule has 0 aromatic rings. The SMILES string of the molecule is FC(F)C(F)(OC(F)(F)F)C(F)(F)C(F)(F)C(F)(F)F. The van der Waals surface area contributed by atoms with E-state index < -0.39 is 36.7 Å². The summed E-state index contributed by atoms with van der Waals surface area (Å²) in [5, 5.41) is 0. The van der Waals surface area contributed by atoms with Gasteiger partial charge in [-0.25, -0.2) is 13.5 Å². The lowest BCUT2D eigenvalue weighted by molar-refractivity contribution is -0.486. The van der Waals surface area contributed by atoms with E-state index in [4.69, 9.17) is 0 Å². The lowest BCUT2D eigenvalue weighted by Gasteiger charge is -2.37. The molecule has 20 heavy (non-hydrogen) atoms. The second-order valence-electron chi connectivity index (χ2n) is 3.14. The Labute approximate surface area is 99.8 Å². The number of rotatable bonds is 4. The third kappa shape index (κ3) is 3.03. The van der Waals surface area contributed by atoms with E-state index in [1.54, 1.807) is 0 Å². The molecule has 0 rings (SSSR count). The summed E-state index contributed by atoms with van der Waals surface area (Å²) in [7, 11) is 0. The topological polar surface area (TPSA) is 9.23 Å². The molecular formula is C6HF13O. The van der Waals surface area contributed by atoms with Gasteiger partial charge in [-0.2, -0.15) is 35.1 Å². The molecule has 0 aliphatic carbocycles. The van der Waals surface area contributed by atoms with Gasteiger partial charge in [-0.05, 0) is 0 Å². The number of hydrogen-bond acceptors (Lipinski definition) is 1. The molecule has 0 N–H and O–H groups in total. The molecule has 122 valence electrons. The quantitative estimate of drug-likeness (QED) is 0.696. The second kappa shape index (κ2) is 4.80. The molecule has 0 aromatic heterocycles. The van der Waals surface area contributed by atoms with Gasteiger partial charge in [0.05, 0.1) is 0 Å². The highest BCUT2D eigenvalue weighted by atomic mass is 19.4. The standard InChI is InChI=1S/C6HF13O/c7-1(8)2(9,20-6(17,18)19)3(10,11)4(12,13)5(14,15)16/h1H. The summed E-state index contributed by atoms with van der Waals surface area (Å²) in [6, 6.07) is 0. The zero-order chi connectivity index (χ0) is 16.8. The molecule has 0 amide bonds. The molecule has 0 aromatic carbocycles. The fourth-order valence-corrected chi connectivity index (χ4v) is 0.806. The van der Waals surface area contributed by atoms with E-state index in [-0.39, 0.29) is 0 Å². The molecule has 0 aliphatic heterocycles. The zero-order valence-electron chi connectivity index (χ0n) is 8.40. The highest BCUT2D eigenvalue weighted by Gasteiger charge is 2.85. The van der Waals surface area contributed by atoms with Crippen molar-refractivity contribution >= 4 is 0 Å². The Kier molecular flexibility index (Phi) is 4.58. The van der Waals surface area contributed by atoms with E-state index in [0.29, 0.717) is 0 Å². The van der Waals surface area contributed by atoms with Crippen molar-refractivity contribution in [2.75, 3.05) is 0 Å². The summed E-state index contributed by atoms with van der Waals surface area (Å²) >= 11 is 0. The summed E-state index contributed by atoms with van der Waals surface area (Å²) in [5.74, 6) is -22.0. The Morgan fingerprint density at radius 3 is 1.15 bits per heavy atom. The van der Waals surface area contributed by atoms with Gasteiger partial charge in [0.1, 0.15) is 0 Å². The van der Waals surface area contributed by atoms with Crippen molar-refractivity contribution in [3.05, 3.63) is 0 Å². The predicted octanol–water partition coefficient (Wildman–Crippen LogP) is 4.29. The van der Waals surface area contributed by atoms with Crippen molar-refractivity contribution in [2.24, 2.45) is 0 Å². The highest BCUT2D eigenvalue weighted by Crippen LogP contribution is 2.55. The fourth-order valence-electron chi connectivity index (χ4n) is 0.806. The van der Waals surface area contributed by atoms with Crippen molar-refractivity contribution in [1.29, 1.82) is 0 Å². The zero-order valence-corrected chi connectivity index (χ0v) is 8.40. The second-order valence-corrected chi connectivity index (χ2v) is 3.14. The van der Waals surface area contributed by atoms with Gasteiger partial charge in [0.15, 0.2) is 0 Å². The number of alkyl halides is 13. The Balaban J connectivity index is 5.94. The van der Waals surface area contributed by atoms with Crippen LogP contribution in [-0.2, 0) is 4.74 Å². The summed E-state index contributed by atoms with van der Waals surface area (Å²) < 4.78 is 157. The van der Waals surface area contributed by atoms with Gasteiger partial charge in [-0.15, -0.1) is 13.2 Å². The van der Waals surface area contributed by atoms with Gasteiger partial charge in [-0.1, -0.05) is 0 Å². The molecule has 0 aliphatic rings. The molecule has 0 heterocycles.